The molecule has 8 heteroatoms. The molecule has 1 aliphatic heterocycles. The number of aliphatic carboxylic acids is 1. The molecule has 2 rings (SSSR count). The molecule has 0 unspecified atom stereocenters. The molecule has 0 spiro atoms. The molecule has 0 aromatic heterocycles. The summed E-state index contributed by atoms with van der Waals surface area (Å²) < 4.78 is 33.1. The summed E-state index contributed by atoms with van der Waals surface area (Å²) in [5.41, 5.74) is 0.898. The van der Waals surface area contributed by atoms with Crippen LogP contribution in [0.4, 0.5) is 5.69 Å². The first-order valence-electron chi connectivity index (χ1n) is 6.14. The molecule has 0 saturated carbocycles. The fourth-order valence-corrected chi connectivity index (χ4v) is 3.10. The van der Waals surface area contributed by atoms with Crippen molar-refractivity contribution in [3.8, 4) is 0 Å². The van der Waals surface area contributed by atoms with Gasteiger partial charge in [-0.25, -0.2) is 0 Å². The van der Waals surface area contributed by atoms with Crippen molar-refractivity contribution in [2.75, 3.05) is 31.0 Å². The lowest BCUT2D eigenvalue weighted by molar-refractivity contribution is -0.136. The SMILES string of the molecule is O=C(O)Cc1cccc(NS(=O)(=O)N2CCOCC2)c1. The van der Waals surface area contributed by atoms with Gasteiger partial charge in [0.2, 0.25) is 0 Å². The van der Waals surface area contributed by atoms with Crippen molar-refractivity contribution in [3.63, 3.8) is 0 Å². The van der Waals surface area contributed by atoms with E-state index in [2.05, 4.69) is 4.72 Å². The summed E-state index contributed by atoms with van der Waals surface area (Å²) in [5, 5.41) is 8.73. The van der Waals surface area contributed by atoms with E-state index >= 15 is 0 Å². The second kappa shape index (κ2) is 6.21. The lowest BCUT2D eigenvalue weighted by Gasteiger charge is -2.26. The van der Waals surface area contributed by atoms with Crippen LogP contribution in [0.2, 0.25) is 0 Å². The molecule has 1 aliphatic rings. The number of carbonyl (C=O) groups is 1. The van der Waals surface area contributed by atoms with Crippen LogP contribution in [0.5, 0.6) is 0 Å². The van der Waals surface area contributed by atoms with Crippen molar-refractivity contribution in [3.05, 3.63) is 29.8 Å². The Balaban J connectivity index is 2.10. The van der Waals surface area contributed by atoms with E-state index in [4.69, 9.17) is 9.84 Å². The molecule has 0 atom stereocenters. The minimum absolute atomic E-state index is 0.146. The Morgan fingerprint density at radius 3 is 2.70 bits per heavy atom. The third kappa shape index (κ3) is 3.92. The van der Waals surface area contributed by atoms with Crippen LogP contribution in [0, 0.1) is 0 Å². The number of hydrogen-bond donors (Lipinski definition) is 2. The molecule has 1 heterocycles. The Kier molecular flexibility index (Phi) is 4.58. The van der Waals surface area contributed by atoms with Crippen molar-refractivity contribution < 1.29 is 23.1 Å². The maximum Gasteiger partial charge on any atom is 0.307 e. The van der Waals surface area contributed by atoms with E-state index in [1.165, 1.54) is 10.4 Å². The van der Waals surface area contributed by atoms with Crippen molar-refractivity contribution in [1.82, 2.24) is 4.31 Å². The average molecular weight is 300 g/mol. The number of ether oxygens (including phenoxy) is 1. The predicted octanol–water partition coefficient (Wildman–Crippen LogP) is 0.303. The number of rotatable bonds is 5. The van der Waals surface area contributed by atoms with Crippen LogP contribution in [0.3, 0.4) is 0 Å². The Labute approximate surface area is 117 Å². The molecule has 110 valence electrons. The molecule has 0 radical (unpaired) electrons. The molecule has 20 heavy (non-hydrogen) atoms. The Bertz CT molecular complexity index is 581. The molecule has 1 fully saturated rings. The summed E-state index contributed by atoms with van der Waals surface area (Å²) in [4.78, 5) is 10.7. The van der Waals surface area contributed by atoms with E-state index in [9.17, 15) is 13.2 Å². The second-order valence-corrected chi connectivity index (χ2v) is 6.06. The van der Waals surface area contributed by atoms with Gasteiger partial charge in [-0.05, 0) is 17.7 Å². The quantitative estimate of drug-likeness (QED) is 0.815. The van der Waals surface area contributed by atoms with E-state index in [1.54, 1.807) is 18.2 Å². The van der Waals surface area contributed by atoms with Crippen molar-refractivity contribution in [1.29, 1.82) is 0 Å². The van der Waals surface area contributed by atoms with Crippen LogP contribution in [0.25, 0.3) is 0 Å². The summed E-state index contributed by atoms with van der Waals surface area (Å²) >= 11 is 0. The monoisotopic (exact) mass is 300 g/mol. The van der Waals surface area contributed by atoms with Gasteiger partial charge in [-0.2, -0.15) is 12.7 Å². The highest BCUT2D eigenvalue weighted by molar-refractivity contribution is 7.90. The molecule has 0 amide bonds. The maximum atomic E-state index is 12.1. The van der Waals surface area contributed by atoms with Gasteiger partial charge in [0, 0.05) is 13.1 Å². The summed E-state index contributed by atoms with van der Waals surface area (Å²) in [5.74, 6) is -0.960. The van der Waals surface area contributed by atoms with Crippen LogP contribution in [-0.2, 0) is 26.2 Å². The highest BCUT2D eigenvalue weighted by Gasteiger charge is 2.24. The zero-order valence-electron chi connectivity index (χ0n) is 10.8. The van der Waals surface area contributed by atoms with Crippen LogP contribution < -0.4 is 4.72 Å². The van der Waals surface area contributed by atoms with Crippen molar-refractivity contribution >= 4 is 21.9 Å². The number of benzene rings is 1. The van der Waals surface area contributed by atoms with E-state index in [0.717, 1.165) is 0 Å². The summed E-state index contributed by atoms with van der Waals surface area (Å²) in [6, 6.07) is 6.37. The van der Waals surface area contributed by atoms with E-state index in [1.807, 2.05) is 0 Å². The normalized spacial score (nSPS) is 16.8. The number of morpholine rings is 1. The zero-order chi connectivity index (χ0) is 14.6. The molecule has 1 saturated heterocycles. The van der Waals surface area contributed by atoms with Gasteiger partial charge in [-0.15, -0.1) is 0 Å². The summed E-state index contributed by atoms with van der Waals surface area (Å²) in [6.45, 7) is 1.37. The first-order chi connectivity index (χ1) is 9.47. The lowest BCUT2D eigenvalue weighted by atomic mass is 10.1. The van der Waals surface area contributed by atoms with Gasteiger partial charge in [0.15, 0.2) is 0 Å². The van der Waals surface area contributed by atoms with E-state index in [0.29, 0.717) is 37.6 Å². The minimum atomic E-state index is -3.63. The fraction of sp³-hybridized carbons (Fsp3) is 0.417. The van der Waals surface area contributed by atoms with Gasteiger partial charge < -0.3 is 9.84 Å². The van der Waals surface area contributed by atoms with Gasteiger partial charge >= 0.3 is 16.2 Å². The summed E-state index contributed by atoms with van der Waals surface area (Å²) in [7, 11) is -3.63. The molecular formula is C12H16N2O5S. The van der Waals surface area contributed by atoms with Crippen LogP contribution in [0.1, 0.15) is 5.56 Å². The largest absolute Gasteiger partial charge is 0.481 e. The highest BCUT2D eigenvalue weighted by atomic mass is 32.2. The average Bonchev–Trinajstić information content (AvgIpc) is 2.39. The van der Waals surface area contributed by atoms with Crippen molar-refractivity contribution in [2.24, 2.45) is 0 Å². The first kappa shape index (κ1) is 14.8. The smallest absolute Gasteiger partial charge is 0.307 e. The van der Waals surface area contributed by atoms with Crippen molar-refractivity contribution in [2.45, 2.75) is 6.42 Å². The molecule has 0 aliphatic carbocycles. The Morgan fingerprint density at radius 2 is 2.05 bits per heavy atom. The van der Waals surface area contributed by atoms with Gasteiger partial charge in [0.05, 0.1) is 25.3 Å². The number of nitrogens with one attached hydrogen (secondary N) is 1. The fourth-order valence-electron chi connectivity index (χ4n) is 1.92. The second-order valence-electron chi connectivity index (χ2n) is 4.39. The van der Waals surface area contributed by atoms with Crippen LogP contribution in [0.15, 0.2) is 24.3 Å². The highest BCUT2D eigenvalue weighted by Crippen LogP contribution is 2.15. The predicted molar refractivity (Wildman–Crippen MR) is 72.7 cm³/mol. The number of carboxylic acid groups (broad SMARTS) is 1. The van der Waals surface area contributed by atoms with Gasteiger partial charge in [0.25, 0.3) is 0 Å². The number of carboxylic acids is 1. The first-order valence-corrected chi connectivity index (χ1v) is 7.58. The topological polar surface area (TPSA) is 95.9 Å². The molecular weight excluding hydrogens is 284 g/mol. The Morgan fingerprint density at radius 1 is 1.35 bits per heavy atom. The summed E-state index contributed by atoms with van der Waals surface area (Å²) in [6.07, 6.45) is -0.146. The molecule has 0 bridgehead atoms. The van der Waals surface area contributed by atoms with Crippen LogP contribution >= 0.6 is 0 Å². The number of nitrogens with zero attached hydrogens (tertiary/aromatic N) is 1. The molecule has 1 aromatic carbocycles. The Hall–Kier alpha value is -1.64. The lowest BCUT2D eigenvalue weighted by Crippen LogP contribution is -2.43. The maximum absolute atomic E-state index is 12.1. The van der Waals surface area contributed by atoms with Gasteiger partial charge in [-0.1, -0.05) is 12.1 Å². The van der Waals surface area contributed by atoms with Gasteiger partial charge in [-0.3, -0.25) is 9.52 Å². The van der Waals surface area contributed by atoms with E-state index < -0.39 is 16.2 Å². The van der Waals surface area contributed by atoms with Gasteiger partial charge in [0.1, 0.15) is 0 Å². The van der Waals surface area contributed by atoms with Crippen LogP contribution in [-0.4, -0.2) is 50.1 Å². The third-order valence-electron chi connectivity index (χ3n) is 2.84. The number of hydrogen-bond acceptors (Lipinski definition) is 4. The molecule has 1 aromatic rings. The van der Waals surface area contributed by atoms with E-state index in [-0.39, 0.29) is 6.42 Å². The third-order valence-corrected chi connectivity index (χ3v) is 4.38. The molecule has 2 N–H and O–H groups in total. The standard InChI is InChI=1S/C12H16N2O5S/c15-12(16)9-10-2-1-3-11(8-10)13-20(17,18)14-4-6-19-7-5-14/h1-3,8,13H,4-7,9H2,(H,15,16). The minimum Gasteiger partial charge on any atom is -0.481 e. The zero-order valence-corrected chi connectivity index (χ0v) is 11.6. The molecule has 7 nitrogen and oxygen atoms in total. The number of anilines is 1.